The number of benzene rings is 2. The van der Waals surface area contributed by atoms with E-state index in [1.165, 1.54) is 11.0 Å². The number of hydrogen-bond donors (Lipinski definition) is 2. The molecule has 6 nitrogen and oxygen atoms in total. The molecule has 2 aromatic carbocycles. The summed E-state index contributed by atoms with van der Waals surface area (Å²) in [6, 6.07) is 14.6. The number of phenolic OH excluding ortho intramolecular Hbond substituents is 1. The van der Waals surface area contributed by atoms with E-state index in [2.05, 4.69) is 4.90 Å². The topological polar surface area (TPSA) is 72.9 Å². The van der Waals surface area contributed by atoms with Crippen molar-refractivity contribution < 1.29 is 27.9 Å². The minimum Gasteiger partial charge on any atom is -0.508 e. The number of alkyl halides is 3. The van der Waals surface area contributed by atoms with E-state index >= 15 is 0 Å². The maximum atomic E-state index is 13.5. The molecular formula is C23H24F3N3O3. The molecule has 2 heterocycles. The van der Waals surface area contributed by atoms with E-state index in [0.29, 0.717) is 37.2 Å². The van der Waals surface area contributed by atoms with Gasteiger partial charge in [-0.25, -0.2) is 0 Å². The number of rotatable bonds is 5. The Morgan fingerprint density at radius 2 is 1.75 bits per heavy atom. The molecule has 32 heavy (non-hydrogen) atoms. The van der Waals surface area contributed by atoms with Gasteiger partial charge in [0.1, 0.15) is 18.8 Å². The van der Waals surface area contributed by atoms with Crippen LogP contribution in [0.25, 0.3) is 0 Å². The molecule has 0 bridgehead atoms. The Labute approximate surface area is 183 Å². The highest BCUT2D eigenvalue weighted by atomic mass is 19.4. The van der Waals surface area contributed by atoms with Crippen LogP contribution in [-0.2, 0) is 21.5 Å². The quantitative estimate of drug-likeness (QED) is 0.740. The van der Waals surface area contributed by atoms with Gasteiger partial charge in [0, 0.05) is 12.1 Å². The largest absolute Gasteiger partial charge is 0.508 e. The Bertz CT molecular complexity index is 1000. The van der Waals surface area contributed by atoms with Crippen LogP contribution in [0.1, 0.15) is 24.0 Å². The molecule has 9 heteroatoms. The number of carbonyl (C=O) groups excluding carboxylic acids is 2. The first-order valence-corrected chi connectivity index (χ1v) is 10.4. The van der Waals surface area contributed by atoms with Crippen molar-refractivity contribution in [2.24, 2.45) is 0 Å². The van der Waals surface area contributed by atoms with E-state index in [9.17, 15) is 27.9 Å². The number of nitrogens with one attached hydrogen (secondary N) is 1. The second kappa shape index (κ2) is 8.46. The summed E-state index contributed by atoms with van der Waals surface area (Å²) < 4.78 is 37.3. The third-order valence-electron chi connectivity index (χ3n) is 6.19. The highest BCUT2D eigenvalue weighted by molar-refractivity contribution is 6.11. The average Bonchev–Trinajstić information content (AvgIpc) is 2.98. The van der Waals surface area contributed by atoms with Gasteiger partial charge in [0.2, 0.25) is 11.8 Å². The van der Waals surface area contributed by atoms with E-state index in [1.54, 1.807) is 12.1 Å². The zero-order chi connectivity index (χ0) is 22.9. The maximum Gasteiger partial charge on any atom is 0.405 e. The molecule has 170 valence electrons. The summed E-state index contributed by atoms with van der Waals surface area (Å²) in [6.45, 7) is -0.0193. The van der Waals surface area contributed by atoms with Crippen LogP contribution in [0.15, 0.2) is 48.5 Å². The average molecular weight is 447 g/mol. The van der Waals surface area contributed by atoms with Crippen LogP contribution in [0.5, 0.6) is 5.75 Å². The lowest BCUT2D eigenvalue weighted by molar-refractivity contribution is -0.138. The minimum absolute atomic E-state index is 0.0365. The number of piperidine rings is 1. The Morgan fingerprint density at radius 1 is 1.06 bits per heavy atom. The van der Waals surface area contributed by atoms with Crippen LogP contribution in [0.4, 0.5) is 18.9 Å². The summed E-state index contributed by atoms with van der Waals surface area (Å²) in [4.78, 5) is 29.1. The van der Waals surface area contributed by atoms with Crippen LogP contribution in [-0.4, -0.2) is 54.2 Å². The summed E-state index contributed by atoms with van der Waals surface area (Å²) >= 11 is 0. The summed E-state index contributed by atoms with van der Waals surface area (Å²) in [5.41, 5.74) is 1.02. The number of aromatic hydroxyl groups is 1. The van der Waals surface area contributed by atoms with Crippen molar-refractivity contribution in [1.82, 2.24) is 10.2 Å². The van der Waals surface area contributed by atoms with Crippen LogP contribution >= 0.6 is 0 Å². The van der Waals surface area contributed by atoms with E-state index in [-0.39, 0.29) is 11.7 Å². The smallest absolute Gasteiger partial charge is 0.405 e. The minimum atomic E-state index is -4.53. The van der Waals surface area contributed by atoms with Crippen molar-refractivity contribution in [1.29, 1.82) is 0 Å². The molecule has 2 aromatic rings. The number of carbonyl (C=O) groups is 2. The number of fused-ring (bicyclic) bond motifs is 2. The van der Waals surface area contributed by atoms with E-state index < -0.39 is 30.6 Å². The molecule has 2 aliphatic rings. The summed E-state index contributed by atoms with van der Waals surface area (Å²) in [5, 5.41) is 12.4. The molecule has 2 amide bonds. The van der Waals surface area contributed by atoms with Crippen molar-refractivity contribution >= 4 is 17.5 Å². The van der Waals surface area contributed by atoms with Crippen molar-refractivity contribution in [2.75, 3.05) is 31.1 Å². The highest BCUT2D eigenvalue weighted by Gasteiger charge is 2.53. The Kier molecular flexibility index (Phi) is 5.85. The molecule has 2 N–H and O–H groups in total. The maximum absolute atomic E-state index is 13.5. The number of amides is 2. The first kappa shape index (κ1) is 22.1. The first-order chi connectivity index (χ1) is 15.2. The first-order valence-electron chi connectivity index (χ1n) is 10.4. The fourth-order valence-corrected chi connectivity index (χ4v) is 4.67. The van der Waals surface area contributed by atoms with Crippen molar-refractivity contribution in [3.63, 3.8) is 0 Å². The lowest BCUT2D eigenvalue weighted by atomic mass is 9.73. The molecular weight excluding hydrogens is 423 g/mol. The van der Waals surface area contributed by atoms with Crippen LogP contribution in [0, 0.1) is 0 Å². The molecule has 1 fully saturated rings. The predicted molar refractivity (Wildman–Crippen MR) is 112 cm³/mol. The van der Waals surface area contributed by atoms with Crippen LogP contribution < -0.4 is 10.2 Å². The van der Waals surface area contributed by atoms with Gasteiger partial charge >= 0.3 is 6.18 Å². The zero-order valence-electron chi connectivity index (χ0n) is 17.4. The van der Waals surface area contributed by atoms with E-state index in [0.717, 1.165) is 12.1 Å². The van der Waals surface area contributed by atoms with Crippen molar-refractivity contribution in [2.45, 2.75) is 31.0 Å². The standard InChI is InChI=1S/C23H24F3N3O3/c24-23(25,26)15-27-19(31)14-29-17-7-4-8-18(30)20(17)22(21(29)32)9-11-28(12-10-22)13-16-5-2-1-3-6-16/h1-8,30H,9-15H2,(H,27,31). The van der Waals surface area contributed by atoms with Gasteiger partial charge in [-0.3, -0.25) is 14.5 Å². The summed E-state index contributed by atoms with van der Waals surface area (Å²) in [6.07, 6.45) is -3.64. The third kappa shape index (κ3) is 4.29. The van der Waals surface area contributed by atoms with Gasteiger partial charge in [-0.1, -0.05) is 36.4 Å². The third-order valence-corrected chi connectivity index (χ3v) is 6.19. The van der Waals surface area contributed by atoms with Gasteiger partial charge in [0.05, 0.1) is 11.1 Å². The normalized spacial score (nSPS) is 18.1. The molecule has 1 spiro atoms. The monoisotopic (exact) mass is 447 g/mol. The van der Waals surface area contributed by atoms with E-state index in [4.69, 9.17) is 0 Å². The number of nitrogens with zero attached hydrogens (tertiary/aromatic N) is 2. The second-order valence-electron chi connectivity index (χ2n) is 8.30. The molecule has 1 saturated heterocycles. The molecule has 0 aliphatic carbocycles. The number of phenols is 1. The lowest BCUT2D eigenvalue weighted by Gasteiger charge is -2.38. The number of halogens is 3. The van der Waals surface area contributed by atoms with Gasteiger partial charge in [0.15, 0.2) is 0 Å². The van der Waals surface area contributed by atoms with Crippen molar-refractivity contribution in [3.8, 4) is 5.75 Å². The van der Waals surface area contributed by atoms with Gasteiger partial charge in [-0.05, 0) is 43.6 Å². The number of likely N-dealkylation sites (tertiary alicyclic amines) is 1. The van der Waals surface area contributed by atoms with Gasteiger partial charge in [-0.15, -0.1) is 0 Å². The summed E-state index contributed by atoms with van der Waals surface area (Å²) in [7, 11) is 0. The molecule has 0 radical (unpaired) electrons. The van der Waals surface area contributed by atoms with Gasteiger partial charge in [0.25, 0.3) is 0 Å². The van der Waals surface area contributed by atoms with Gasteiger partial charge in [-0.2, -0.15) is 13.2 Å². The fraction of sp³-hybridized carbons (Fsp3) is 0.391. The number of hydrogen-bond acceptors (Lipinski definition) is 4. The second-order valence-corrected chi connectivity index (χ2v) is 8.30. The Hall–Kier alpha value is -3.07. The Balaban J connectivity index is 1.52. The molecule has 0 atom stereocenters. The molecule has 0 aromatic heterocycles. The molecule has 0 unspecified atom stereocenters. The molecule has 2 aliphatic heterocycles. The van der Waals surface area contributed by atoms with Crippen LogP contribution in [0.2, 0.25) is 0 Å². The SMILES string of the molecule is O=C(CN1C(=O)C2(CCN(Cc3ccccc3)CC2)c2c(O)cccc21)NCC(F)(F)F. The predicted octanol–water partition coefficient (Wildman–Crippen LogP) is 2.95. The lowest BCUT2D eigenvalue weighted by Crippen LogP contribution is -2.50. The zero-order valence-corrected chi connectivity index (χ0v) is 17.4. The van der Waals surface area contributed by atoms with Crippen LogP contribution in [0.3, 0.4) is 0 Å². The van der Waals surface area contributed by atoms with E-state index in [1.807, 2.05) is 35.6 Å². The Morgan fingerprint density at radius 3 is 2.41 bits per heavy atom. The summed E-state index contributed by atoms with van der Waals surface area (Å²) in [5.74, 6) is -1.29. The van der Waals surface area contributed by atoms with Gasteiger partial charge < -0.3 is 15.3 Å². The van der Waals surface area contributed by atoms with Crippen molar-refractivity contribution in [3.05, 3.63) is 59.7 Å². The molecule has 4 rings (SSSR count). The fourth-order valence-electron chi connectivity index (χ4n) is 4.67. The highest BCUT2D eigenvalue weighted by Crippen LogP contribution is 2.51. The molecule has 0 saturated carbocycles. The number of anilines is 1.